The summed E-state index contributed by atoms with van der Waals surface area (Å²) in [5, 5.41) is 30.5. The molecule has 0 radical (unpaired) electrons. The van der Waals surface area contributed by atoms with Crippen LogP contribution in [0, 0.1) is 19.3 Å². The van der Waals surface area contributed by atoms with Crippen molar-refractivity contribution in [1.82, 2.24) is 40.2 Å². The van der Waals surface area contributed by atoms with Crippen molar-refractivity contribution in [2.45, 2.75) is 46.1 Å². The molecule has 34 heavy (non-hydrogen) atoms. The number of aliphatic hydroxyl groups is 1. The first-order valence-electron chi connectivity index (χ1n) is 11.5. The quantitative estimate of drug-likeness (QED) is 0.607. The number of piperidine rings is 1. The van der Waals surface area contributed by atoms with E-state index in [1.54, 1.807) is 11.8 Å². The SMILES string of the molecule is CC1=C(N2CCC3(CCN(C[C@@H](O)c4nnc(-n5cnnn5)c(C)c4C)CC3)C2=O)COC1=O. The minimum atomic E-state index is -0.798. The van der Waals surface area contributed by atoms with Gasteiger partial charge in [-0.05, 0) is 69.1 Å². The molecular formula is C22H28N8O4. The number of hydrogen-bond donors (Lipinski definition) is 1. The fraction of sp³-hybridized carbons (Fsp3) is 0.591. The van der Waals surface area contributed by atoms with Crippen molar-refractivity contribution in [3.05, 3.63) is 34.4 Å². The second-order valence-electron chi connectivity index (χ2n) is 9.36. The van der Waals surface area contributed by atoms with E-state index in [4.69, 9.17) is 4.74 Å². The molecule has 12 nitrogen and oxygen atoms in total. The largest absolute Gasteiger partial charge is 0.456 e. The lowest BCUT2D eigenvalue weighted by Crippen LogP contribution is -2.45. The van der Waals surface area contributed by atoms with Crippen LogP contribution in [-0.4, -0.2) is 90.0 Å². The number of aliphatic hydroxyl groups excluding tert-OH is 1. The van der Waals surface area contributed by atoms with Crippen molar-refractivity contribution in [2.75, 3.05) is 32.8 Å². The van der Waals surface area contributed by atoms with E-state index in [2.05, 4.69) is 30.6 Å². The van der Waals surface area contributed by atoms with Gasteiger partial charge in [0, 0.05) is 18.7 Å². The van der Waals surface area contributed by atoms with Crippen LogP contribution in [0.5, 0.6) is 0 Å². The molecule has 3 aliphatic heterocycles. The normalized spacial score (nSPS) is 21.6. The van der Waals surface area contributed by atoms with E-state index in [1.165, 1.54) is 11.0 Å². The van der Waals surface area contributed by atoms with Crippen molar-refractivity contribution < 1.29 is 19.4 Å². The minimum Gasteiger partial charge on any atom is -0.456 e. The van der Waals surface area contributed by atoms with E-state index in [-0.39, 0.29) is 18.5 Å². The third-order valence-corrected chi connectivity index (χ3v) is 7.58. The molecule has 5 rings (SSSR count). The molecule has 0 unspecified atom stereocenters. The predicted molar refractivity (Wildman–Crippen MR) is 117 cm³/mol. The number of carbonyl (C=O) groups excluding carboxylic acids is 2. The average Bonchev–Trinajstić information content (AvgIpc) is 3.54. The third kappa shape index (κ3) is 3.66. The highest BCUT2D eigenvalue weighted by Gasteiger charge is 2.50. The van der Waals surface area contributed by atoms with Crippen LogP contribution in [0.1, 0.15) is 49.1 Å². The Labute approximate surface area is 196 Å². The molecule has 0 saturated carbocycles. The van der Waals surface area contributed by atoms with Gasteiger partial charge < -0.3 is 19.6 Å². The molecule has 1 amide bonds. The molecular weight excluding hydrogens is 440 g/mol. The molecule has 2 fully saturated rings. The first-order valence-corrected chi connectivity index (χ1v) is 11.5. The Morgan fingerprint density at radius 1 is 1.09 bits per heavy atom. The zero-order valence-corrected chi connectivity index (χ0v) is 19.6. The lowest BCUT2D eigenvalue weighted by Gasteiger charge is -2.38. The molecule has 12 heteroatoms. The van der Waals surface area contributed by atoms with E-state index in [0.29, 0.717) is 49.0 Å². The number of aromatic nitrogens is 6. The molecule has 5 heterocycles. The van der Waals surface area contributed by atoms with Crippen LogP contribution < -0.4 is 0 Å². The van der Waals surface area contributed by atoms with Crippen LogP contribution in [0.25, 0.3) is 5.82 Å². The Morgan fingerprint density at radius 3 is 2.47 bits per heavy atom. The molecule has 0 aliphatic carbocycles. The molecule has 0 bridgehead atoms. The van der Waals surface area contributed by atoms with Crippen molar-refractivity contribution in [2.24, 2.45) is 5.41 Å². The monoisotopic (exact) mass is 468 g/mol. The highest BCUT2D eigenvalue weighted by molar-refractivity contribution is 5.94. The van der Waals surface area contributed by atoms with Gasteiger partial charge in [-0.2, -0.15) is 9.78 Å². The zero-order valence-electron chi connectivity index (χ0n) is 19.6. The van der Waals surface area contributed by atoms with Crippen LogP contribution in [0.15, 0.2) is 17.6 Å². The Bertz CT molecular complexity index is 1150. The first-order chi connectivity index (χ1) is 16.3. The van der Waals surface area contributed by atoms with E-state index in [9.17, 15) is 14.7 Å². The number of tetrazole rings is 1. The van der Waals surface area contributed by atoms with Crippen molar-refractivity contribution in [1.29, 1.82) is 0 Å². The highest BCUT2D eigenvalue weighted by Crippen LogP contribution is 2.44. The van der Waals surface area contributed by atoms with Gasteiger partial charge in [0.25, 0.3) is 0 Å². The van der Waals surface area contributed by atoms with Crippen LogP contribution in [0.2, 0.25) is 0 Å². The summed E-state index contributed by atoms with van der Waals surface area (Å²) in [7, 11) is 0. The molecule has 1 spiro atoms. The Kier molecular flexibility index (Phi) is 5.64. The van der Waals surface area contributed by atoms with E-state index >= 15 is 0 Å². The number of carbonyl (C=O) groups is 2. The second kappa shape index (κ2) is 8.51. The Morgan fingerprint density at radius 2 is 1.82 bits per heavy atom. The fourth-order valence-electron chi connectivity index (χ4n) is 5.19. The van der Waals surface area contributed by atoms with Crippen LogP contribution >= 0.6 is 0 Å². The van der Waals surface area contributed by atoms with E-state index < -0.39 is 11.5 Å². The van der Waals surface area contributed by atoms with Gasteiger partial charge in [-0.1, -0.05) is 0 Å². The number of nitrogens with zero attached hydrogens (tertiary/aromatic N) is 8. The van der Waals surface area contributed by atoms with Gasteiger partial charge in [-0.25, -0.2) is 4.79 Å². The van der Waals surface area contributed by atoms with Gasteiger partial charge in [-0.3, -0.25) is 4.79 Å². The topological polar surface area (TPSA) is 139 Å². The predicted octanol–water partition coefficient (Wildman–Crippen LogP) is 0.248. The Balaban J connectivity index is 1.23. The van der Waals surface area contributed by atoms with Crippen molar-refractivity contribution in [3.8, 4) is 5.82 Å². The van der Waals surface area contributed by atoms with Gasteiger partial charge in [0.1, 0.15) is 19.0 Å². The van der Waals surface area contributed by atoms with Gasteiger partial charge >= 0.3 is 5.97 Å². The highest BCUT2D eigenvalue weighted by atomic mass is 16.5. The van der Waals surface area contributed by atoms with Crippen molar-refractivity contribution >= 4 is 11.9 Å². The minimum absolute atomic E-state index is 0.0934. The molecule has 180 valence electrons. The standard InChI is InChI=1S/C22H28N8O4/c1-13-14(2)19(30-12-23-26-27-30)25-24-18(13)17(31)10-28-7-4-22(5-8-28)6-9-29(21(22)33)16-11-34-20(32)15(16)3/h12,17,31H,4-11H2,1-3H3/t17-/m1/s1. The maximum Gasteiger partial charge on any atom is 0.336 e. The number of β-amino-alcohol motifs (C(OH)–C–C–N with tert-alkyl or cyclic N) is 1. The average molecular weight is 469 g/mol. The fourth-order valence-corrected chi connectivity index (χ4v) is 5.19. The first kappa shape index (κ1) is 22.5. The summed E-state index contributed by atoms with van der Waals surface area (Å²) < 4.78 is 6.55. The lowest BCUT2D eigenvalue weighted by molar-refractivity contribution is -0.138. The Hall–Kier alpha value is -3.25. The number of cyclic esters (lactones) is 1. The number of esters is 1. The van der Waals surface area contributed by atoms with Gasteiger partial charge in [0.15, 0.2) is 5.82 Å². The number of amides is 1. The van der Waals surface area contributed by atoms with Crippen LogP contribution in [0.3, 0.4) is 0 Å². The molecule has 1 N–H and O–H groups in total. The number of hydrogen-bond acceptors (Lipinski definition) is 10. The van der Waals surface area contributed by atoms with Crippen LogP contribution in [0.4, 0.5) is 0 Å². The third-order valence-electron chi connectivity index (χ3n) is 7.58. The number of likely N-dealkylation sites (tertiary alicyclic amines) is 2. The number of rotatable bonds is 5. The van der Waals surface area contributed by atoms with Crippen molar-refractivity contribution in [3.63, 3.8) is 0 Å². The smallest absolute Gasteiger partial charge is 0.336 e. The van der Waals surface area contributed by atoms with Gasteiger partial charge in [0.05, 0.1) is 22.4 Å². The summed E-state index contributed by atoms with van der Waals surface area (Å²) in [6, 6.07) is 0. The zero-order chi connectivity index (χ0) is 24.0. The molecule has 2 aromatic heterocycles. The second-order valence-corrected chi connectivity index (χ2v) is 9.36. The summed E-state index contributed by atoms with van der Waals surface area (Å²) in [6.45, 7) is 8.15. The summed E-state index contributed by atoms with van der Waals surface area (Å²) in [5.41, 5.74) is 3.07. The molecule has 2 saturated heterocycles. The summed E-state index contributed by atoms with van der Waals surface area (Å²) in [6.07, 6.45) is 2.87. The summed E-state index contributed by atoms with van der Waals surface area (Å²) >= 11 is 0. The molecule has 2 aromatic rings. The van der Waals surface area contributed by atoms with E-state index in [1.807, 2.05) is 13.8 Å². The maximum absolute atomic E-state index is 13.3. The summed E-state index contributed by atoms with van der Waals surface area (Å²) in [5.74, 6) is 0.283. The molecule has 1 atom stereocenters. The van der Waals surface area contributed by atoms with E-state index in [0.717, 1.165) is 30.4 Å². The van der Waals surface area contributed by atoms with Gasteiger partial charge in [0.2, 0.25) is 5.91 Å². The van der Waals surface area contributed by atoms with Gasteiger partial charge in [-0.15, -0.1) is 10.2 Å². The molecule has 3 aliphatic rings. The number of ether oxygens (including phenoxy) is 1. The summed E-state index contributed by atoms with van der Waals surface area (Å²) in [4.78, 5) is 29.0. The molecule has 0 aromatic carbocycles. The lowest BCUT2D eigenvalue weighted by atomic mass is 9.77. The maximum atomic E-state index is 13.3. The van der Waals surface area contributed by atoms with Crippen LogP contribution in [-0.2, 0) is 14.3 Å².